The van der Waals surface area contributed by atoms with Crippen molar-refractivity contribution in [3.8, 4) is 0 Å². The molecule has 0 bridgehead atoms. The number of carbonyl (C=O) groups excluding carboxylic acids is 3. The minimum atomic E-state index is -0.417. The van der Waals surface area contributed by atoms with Gasteiger partial charge in [-0.05, 0) is 42.8 Å². The molecule has 1 aromatic heterocycles. The summed E-state index contributed by atoms with van der Waals surface area (Å²) in [7, 11) is 1.41. The highest BCUT2D eigenvalue weighted by Gasteiger charge is 2.33. The van der Waals surface area contributed by atoms with E-state index in [1.165, 1.54) is 25.2 Å². The van der Waals surface area contributed by atoms with E-state index >= 15 is 0 Å². The number of nitrogens with zero attached hydrogens (tertiary/aromatic N) is 1. The molecule has 1 unspecified atom stereocenters. The van der Waals surface area contributed by atoms with Gasteiger partial charge in [0.05, 0.1) is 28.2 Å². The molecule has 0 saturated carbocycles. The first-order valence-electron chi connectivity index (χ1n) is 8.34. The van der Waals surface area contributed by atoms with Crippen molar-refractivity contribution in [2.45, 2.75) is 13.0 Å². The van der Waals surface area contributed by atoms with Gasteiger partial charge in [0.2, 0.25) is 0 Å². The zero-order chi connectivity index (χ0) is 19.3. The predicted octanol–water partition coefficient (Wildman–Crippen LogP) is 1.57. The second kappa shape index (κ2) is 5.94. The van der Waals surface area contributed by atoms with E-state index < -0.39 is 5.91 Å². The summed E-state index contributed by atoms with van der Waals surface area (Å²) in [5.41, 5.74) is 2.70. The summed E-state index contributed by atoms with van der Waals surface area (Å²) in [6.07, 6.45) is 0. The Labute approximate surface area is 153 Å². The van der Waals surface area contributed by atoms with E-state index in [-0.39, 0.29) is 29.1 Å². The number of amides is 3. The molecule has 0 radical (unpaired) electrons. The van der Waals surface area contributed by atoms with Crippen molar-refractivity contribution in [1.29, 1.82) is 0 Å². The molecule has 1 aliphatic heterocycles. The number of rotatable bonds is 3. The Balaban J connectivity index is 1.57. The summed E-state index contributed by atoms with van der Waals surface area (Å²) in [6, 6.07) is 9.50. The van der Waals surface area contributed by atoms with Gasteiger partial charge in [-0.15, -0.1) is 0 Å². The summed E-state index contributed by atoms with van der Waals surface area (Å²) in [5.74, 6) is -1.15. The monoisotopic (exact) mass is 364 g/mol. The van der Waals surface area contributed by atoms with E-state index in [0.29, 0.717) is 22.2 Å². The largest absolute Gasteiger partial charge is 0.346 e. The fourth-order valence-corrected chi connectivity index (χ4v) is 3.19. The average Bonchev–Trinajstić information content (AvgIpc) is 3.13. The van der Waals surface area contributed by atoms with Crippen LogP contribution in [0.5, 0.6) is 0 Å². The van der Waals surface area contributed by atoms with Crippen LogP contribution in [-0.4, -0.2) is 39.6 Å². The third kappa shape index (κ3) is 2.71. The molecular weight excluding hydrogens is 348 g/mol. The van der Waals surface area contributed by atoms with Crippen molar-refractivity contribution in [2.24, 2.45) is 0 Å². The normalized spacial score (nSPS) is 14.5. The average molecular weight is 364 g/mol. The molecule has 1 atom stereocenters. The molecule has 3 N–H and O–H groups in total. The molecular formula is C19H16N4O4. The van der Waals surface area contributed by atoms with Gasteiger partial charge in [-0.1, -0.05) is 6.07 Å². The minimum Gasteiger partial charge on any atom is -0.346 e. The third-order valence-electron chi connectivity index (χ3n) is 4.74. The lowest BCUT2D eigenvalue weighted by Gasteiger charge is -2.14. The Morgan fingerprint density at radius 1 is 0.963 bits per heavy atom. The smallest absolute Gasteiger partial charge is 0.323 e. The molecule has 3 amide bonds. The van der Waals surface area contributed by atoms with Gasteiger partial charge < -0.3 is 15.3 Å². The Morgan fingerprint density at radius 3 is 2.44 bits per heavy atom. The van der Waals surface area contributed by atoms with Crippen LogP contribution < -0.4 is 11.0 Å². The van der Waals surface area contributed by atoms with Crippen molar-refractivity contribution < 1.29 is 14.4 Å². The Morgan fingerprint density at radius 2 is 1.67 bits per heavy atom. The first-order chi connectivity index (χ1) is 12.8. The minimum absolute atomic E-state index is 0.231. The highest BCUT2D eigenvalue weighted by atomic mass is 16.2. The van der Waals surface area contributed by atoms with Crippen molar-refractivity contribution in [1.82, 2.24) is 20.2 Å². The van der Waals surface area contributed by atoms with Crippen molar-refractivity contribution >= 4 is 28.8 Å². The zero-order valence-corrected chi connectivity index (χ0v) is 14.6. The summed E-state index contributed by atoms with van der Waals surface area (Å²) in [4.78, 5) is 54.3. The molecule has 2 heterocycles. The van der Waals surface area contributed by atoms with E-state index in [0.717, 1.165) is 10.5 Å². The van der Waals surface area contributed by atoms with Gasteiger partial charge in [-0.2, -0.15) is 0 Å². The Hall–Kier alpha value is -3.68. The SMILES string of the molecule is CC(NC(=O)c1ccc2c(c1)C(=O)N(C)C2=O)c1ccc2[nH]c(=O)[nH]c2c1. The highest BCUT2D eigenvalue weighted by Crippen LogP contribution is 2.23. The fourth-order valence-electron chi connectivity index (χ4n) is 3.19. The van der Waals surface area contributed by atoms with Crippen LogP contribution in [0.3, 0.4) is 0 Å². The fraction of sp³-hybridized carbons (Fsp3) is 0.158. The number of carbonyl (C=O) groups is 3. The van der Waals surface area contributed by atoms with Crippen LogP contribution >= 0.6 is 0 Å². The first-order valence-corrected chi connectivity index (χ1v) is 8.34. The Kier molecular flexibility index (Phi) is 3.69. The number of hydrogen-bond acceptors (Lipinski definition) is 4. The molecule has 0 spiro atoms. The summed E-state index contributed by atoms with van der Waals surface area (Å²) < 4.78 is 0. The molecule has 27 heavy (non-hydrogen) atoms. The van der Waals surface area contributed by atoms with Gasteiger partial charge in [-0.3, -0.25) is 19.3 Å². The second-order valence-electron chi connectivity index (χ2n) is 6.51. The second-order valence-corrected chi connectivity index (χ2v) is 6.51. The van der Waals surface area contributed by atoms with Crippen LogP contribution in [0.2, 0.25) is 0 Å². The number of nitrogens with one attached hydrogen (secondary N) is 3. The number of imidazole rings is 1. The molecule has 2 aromatic carbocycles. The van der Waals surface area contributed by atoms with Crippen LogP contribution in [0.4, 0.5) is 0 Å². The van der Waals surface area contributed by atoms with Crippen molar-refractivity contribution in [3.63, 3.8) is 0 Å². The lowest BCUT2D eigenvalue weighted by atomic mass is 10.0. The van der Waals surface area contributed by atoms with Crippen LogP contribution in [-0.2, 0) is 0 Å². The van der Waals surface area contributed by atoms with Gasteiger partial charge in [0, 0.05) is 12.6 Å². The maximum atomic E-state index is 12.6. The molecule has 8 nitrogen and oxygen atoms in total. The van der Waals surface area contributed by atoms with Gasteiger partial charge in [0.25, 0.3) is 17.7 Å². The van der Waals surface area contributed by atoms with E-state index in [9.17, 15) is 19.2 Å². The van der Waals surface area contributed by atoms with E-state index in [1.54, 1.807) is 12.1 Å². The lowest BCUT2D eigenvalue weighted by Crippen LogP contribution is -2.27. The van der Waals surface area contributed by atoms with Gasteiger partial charge >= 0.3 is 5.69 Å². The number of aromatic amines is 2. The number of imide groups is 1. The van der Waals surface area contributed by atoms with Crippen molar-refractivity contribution in [3.05, 3.63) is 69.1 Å². The maximum absolute atomic E-state index is 12.6. The van der Waals surface area contributed by atoms with Gasteiger partial charge in [0.1, 0.15) is 0 Å². The predicted molar refractivity (Wildman–Crippen MR) is 97.7 cm³/mol. The first kappa shape index (κ1) is 16.8. The highest BCUT2D eigenvalue weighted by molar-refractivity contribution is 6.21. The summed E-state index contributed by atoms with van der Waals surface area (Å²) >= 11 is 0. The van der Waals surface area contributed by atoms with Gasteiger partial charge in [-0.25, -0.2) is 4.79 Å². The van der Waals surface area contributed by atoms with E-state index in [2.05, 4.69) is 15.3 Å². The quantitative estimate of drug-likeness (QED) is 0.612. The molecule has 8 heteroatoms. The van der Waals surface area contributed by atoms with E-state index in [1.807, 2.05) is 13.0 Å². The Bertz CT molecular complexity index is 1170. The van der Waals surface area contributed by atoms with Crippen LogP contribution in [0, 0.1) is 0 Å². The standard InChI is InChI=1S/C19H16N4O4/c1-9(10-4-6-14-15(8-10)22-19(27)21-14)20-16(24)11-3-5-12-13(7-11)18(26)23(2)17(12)25/h3-9H,1-2H3,(H,20,24)(H2,21,22,27). The summed E-state index contributed by atoms with van der Waals surface area (Å²) in [5, 5.41) is 2.86. The van der Waals surface area contributed by atoms with Crippen molar-refractivity contribution in [2.75, 3.05) is 7.05 Å². The van der Waals surface area contributed by atoms with E-state index in [4.69, 9.17) is 0 Å². The number of aromatic nitrogens is 2. The molecule has 0 fully saturated rings. The zero-order valence-electron chi connectivity index (χ0n) is 14.6. The number of hydrogen-bond donors (Lipinski definition) is 3. The van der Waals surface area contributed by atoms with Crippen LogP contribution in [0.1, 0.15) is 49.6 Å². The molecule has 0 aliphatic carbocycles. The summed E-state index contributed by atoms with van der Waals surface area (Å²) in [6.45, 7) is 1.82. The maximum Gasteiger partial charge on any atom is 0.323 e. The number of benzene rings is 2. The van der Waals surface area contributed by atoms with Gasteiger partial charge in [0.15, 0.2) is 0 Å². The molecule has 0 saturated heterocycles. The lowest BCUT2D eigenvalue weighted by molar-refractivity contribution is 0.0693. The molecule has 1 aliphatic rings. The number of fused-ring (bicyclic) bond motifs is 2. The molecule has 3 aromatic rings. The molecule has 136 valence electrons. The third-order valence-corrected chi connectivity index (χ3v) is 4.74. The topological polar surface area (TPSA) is 115 Å². The van der Waals surface area contributed by atoms with Crippen LogP contribution in [0.15, 0.2) is 41.2 Å². The van der Waals surface area contributed by atoms with Crippen LogP contribution in [0.25, 0.3) is 11.0 Å². The molecule has 4 rings (SSSR count). The number of H-pyrrole nitrogens is 2.